The summed E-state index contributed by atoms with van der Waals surface area (Å²) in [6.45, 7) is 0.780. The van der Waals surface area contributed by atoms with Crippen molar-refractivity contribution in [2.45, 2.75) is 6.54 Å². The first-order valence-corrected chi connectivity index (χ1v) is 11.8. The fourth-order valence-corrected chi connectivity index (χ4v) is 4.96. The lowest BCUT2D eigenvalue weighted by Crippen LogP contribution is -2.23. The number of carbonyl (C=O) groups is 1. The molecular weight excluding hydrogens is 482 g/mol. The van der Waals surface area contributed by atoms with Crippen molar-refractivity contribution in [1.29, 1.82) is 0 Å². The summed E-state index contributed by atoms with van der Waals surface area (Å²) in [6.07, 6.45) is 4.11. The van der Waals surface area contributed by atoms with E-state index < -0.39 is 0 Å². The van der Waals surface area contributed by atoms with E-state index in [1.807, 2.05) is 48.5 Å². The Hall–Kier alpha value is -3.09. The van der Waals surface area contributed by atoms with Crippen LogP contribution < -0.4 is 0 Å². The quantitative estimate of drug-likeness (QED) is 0.292. The molecule has 6 heteroatoms. The van der Waals surface area contributed by atoms with Crippen molar-refractivity contribution in [3.63, 3.8) is 0 Å². The van der Waals surface area contributed by atoms with E-state index in [0.717, 1.165) is 33.2 Å². The van der Waals surface area contributed by atoms with Crippen molar-refractivity contribution in [3.05, 3.63) is 106 Å². The first-order valence-electron chi connectivity index (χ1n) is 10.2. The predicted molar refractivity (Wildman–Crippen MR) is 137 cm³/mol. The van der Waals surface area contributed by atoms with Crippen molar-refractivity contribution in [1.82, 2.24) is 9.47 Å². The zero-order valence-electron chi connectivity index (χ0n) is 17.4. The number of likely N-dealkylation sites (N-methyl/N-ethyl adjacent to an activating group) is 1. The molecular formula is C26H20BrN3OS. The van der Waals surface area contributed by atoms with Gasteiger partial charge in [0.1, 0.15) is 0 Å². The number of fused-ring (bicyclic) bond motifs is 1. The Morgan fingerprint density at radius 3 is 2.47 bits per heavy atom. The van der Waals surface area contributed by atoms with E-state index in [0.29, 0.717) is 10.1 Å². The van der Waals surface area contributed by atoms with Gasteiger partial charge in [-0.15, -0.1) is 0 Å². The van der Waals surface area contributed by atoms with E-state index in [1.165, 1.54) is 17.3 Å². The molecule has 5 rings (SSSR count). The predicted octanol–water partition coefficient (Wildman–Crippen LogP) is 6.69. The van der Waals surface area contributed by atoms with Crippen LogP contribution in [0.5, 0.6) is 0 Å². The summed E-state index contributed by atoms with van der Waals surface area (Å²) in [5.41, 5.74) is 4.24. The second-order valence-electron chi connectivity index (χ2n) is 7.56. The largest absolute Gasteiger partial charge is 0.342 e. The lowest BCUT2D eigenvalue weighted by Gasteiger charge is -2.07. The maximum Gasteiger partial charge on any atom is 0.266 e. The van der Waals surface area contributed by atoms with Crippen molar-refractivity contribution in [2.75, 3.05) is 7.05 Å². The molecule has 158 valence electrons. The number of halogens is 1. The summed E-state index contributed by atoms with van der Waals surface area (Å²) in [4.78, 5) is 19.9. The number of carbonyl (C=O) groups excluding carboxylic acids is 1. The topological polar surface area (TPSA) is 37.6 Å². The number of rotatable bonds is 4. The van der Waals surface area contributed by atoms with Crippen LogP contribution in [0.2, 0.25) is 0 Å². The molecule has 1 aliphatic rings. The molecule has 4 nitrogen and oxygen atoms in total. The monoisotopic (exact) mass is 501 g/mol. The second kappa shape index (κ2) is 8.81. The number of para-hydroxylation sites is 1. The van der Waals surface area contributed by atoms with Crippen LogP contribution in [-0.4, -0.2) is 27.6 Å². The summed E-state index contributed by atoms with van der Waals surface area (Å²) >= 11 is 4.85. The van der Waals surface area contributed by atoms with E-state index in [1.54, 1.807) is 11.9 Å². The van der Waals surface area contributed by atoms with Crippen LogP contribution >= 0.6 is 27.7 Å². The average Bonchev–Trinajstić information content (AvgIpc) is 3.28. The fraction of sp³-hybridized carbons (Fsp3) is 0.0769. The van der Waals surface area contributed by atoms with Crippen LogP contribution in [0.4, 0.5) is 5.69 Å². The third kappa shape index (κ3) is 4.16. The highest BCUT2D eigenvalue weighted by molar-refractivity contribution is 9.10. The molecule has 1 saturated heterocycles. The average molecular weight is 502 g/mol. The van der Waals surface area contributed by atoms with Gasteiger partial charge < -0.3 is 4.57 Å². The van der Waals surface area contributed by atoms with Gasteiger partial charge in [-0.2, -0.15) is 0 Å². The maximum absolute atomic E-state index is 12.9. The molecule has 4 aromatic rings. The van der Waals surface area contributed by atoms with Crippen LogP contribution in [0.25, 0.3) is 17.0 Å². The summed E-state index contributed by atoms with van der Waals surface area (Å²) in [7, 11) is 1.77. The van der Waals surface area contributed by atoms with E-state index >= 15 is 0 Å². The molecule has 0 saturated carbocycles. The molecule has 1 aliphatic heterocycles. The number of benzene rings is 3. The third-order valence-electron chi connectivity index (χ3n) is 5.36. The van der Waals surface area contributed by atoms with Gasteiger partial charge in [-0.1, -0.05) is 64.5 Å². The molecule has 1 amide bonds. The van der Waals surface area contributed by atoms with Crippen LogP contribution in [0.3, 0.4) is 0 Å². The number of aliphatic imine (C=N–C) groups is 1. The smallest absolute Gasteiger partial charge is 0.266 e. The minimum atomic E-state index is -0.0363. The van der Waals surface area contributed by atoms with Gasteiger partial charge in [0.25, 0.3) is 5.91 Å². The van der Waals surface area contributed by atoms with Gasteiger partial charge in [0.05, 0.1) is 10.6 Å². The molecule has 1 fully saturated rings. The Balaban J connectivity index is 1.50. The lowest BCUT2D eigenvalue weighted by atomic mass is 10.1. The number of nitrogens with zero attached hydrogens (tertiary/aromatic N) is 3. The molecule has 0 atom stereocenters. The SMILES string of the molecule is CN1C(=O)C(=Cc2cn(Cc3ccccc3)c3ccccc23)SC1=Nc1ccc(Br)cc1. The highest BCUT2D eigenvalue weighted by Gasteiger charge is 2.30. The standard InChI is InChI=1S/C26H20BrN3OS/c1-29-25(31)24(32-26(29)28-21-13-11-20(27)12-14-21)15-19-17-30(16-18-7-3-2-4-8-18)23-10-6-5-9-22(19)23/h2-15,17H,16H2,1H3. The molecule has 0 bridgehead atoms. The molecule has 32 heavy (non-hydrogen) atoms. The minimum Gasteiger partial charge on any atom is -0.342 e. The van der Waals surface area contributed by atoms with Crippen LogP contribution in [0.1, 0.15) is 11.1 Å². The van der Waals surface area contributed by atoms with Gasteiger partial charge in [-0.3, -0.25) is 9.69 Å². The van der Waals surface area contributed by atoms with E-state index in [4.69, 9.17) is 0 Å². The molecule has 0 unspecified atom stereocenters. The number of amidine groups is 1. The van der Waals surface area contributed by atoms with Gasteiger partial charge in [-0.05, 0) is 53.7 Å². The van der Waals surface area contributed by atoms with Crippen LogP contribution in [-0.2, 0) is 11.3 Å². The van der Waals surface area contributed by atoms with Crippen LogP contribution in [0, 0.1) is 0 Å². The van der Waals surface area contributed by atoms with Crippen molar-refractivity contribution in [3.8, 4) is 0 Å². The summed E-state index contributed by atoms with van der Waals surface area (Å²) in [5.74, 6) is -0.0363. The summed E-state index contributed by atoms with van der Waals surface area (Å²) < 4.78 is 3.24. The van der Waals surface area contributed by atoms with Gasteiger partial charge >= 0.3 is 0 Å². The summed E-state index contributed by atoms with van der Waals surface area (Å²) in [5, 5.41) is 1.81. The Morgan fingerprint density at radius 1 is 0.969 bits per heavy atom. The highest BCUT2D eigenvalue weighted by Crippen LogP contribution is 2.35. The molecule has 0 radical (unpaired) electrons. The van der Waals surface area contributed by atoms with Crippen molar-refractivity contribution < 1.29 is 4.79 Å². The number of amides is 1. The van der Waals surface area contributed by atoms with E-state index in [9.17, 15) is 4.79 Å². The van der Waals surface area contributed by atoms with Gasteiger partial charge in [-0.25, -0.2) is 4.99 Å². The van der Waals surface area contributed by atoms with Crippen LogP contribution in [0.15, 0.2) is 99.4 Å². The van der Waals surface area contributed by atoms with Gasteiger partial charge in [0.2, 0.25) is 0 Å². The number of hydrogen-bond acceptors (Lipinski definition) is 3. The zero-order valence-corrected chi connectivity index (χ0v) is 19.8. The minimum absolute atomic E-state index is 0.0363. The molecule has 0 N–H and O–H groups in total. The molecule has 2 heterocycles. The Bertz CT molecular complexity index is 1360. The third-order valence-corrected chi connectivity index (χ3v) is 6.95. The van der Waals surface area contributed by atoms with Gasteiger partial charge in [0, 0.05) is 40.7 Å². The first kappa shape index (κ1) is 20.8. The molecule has 0 aliphatic carbocycles. The zero-order chi connectivity index (χ0) is 22.1. The first-order chi connectivity index (χ1) is 15.6. The number of hydrogen-bond donors (Lipinski definition) is 0. The Morgan fingerprint density at radius 2 is 1.69 bits per heavy atom. The van der Waals surface area contributed by atoms with E-state index in [-0.39, 0.29) is 5.91 Å². The normalized spacial score (nSPS) is 16.6. The summed E-state index contributed by atoms with van der Waals surface area (Å²) in [6, 6.07) is 26.4. The maximum atomic E-state index is 12.9. The van der Waals surface area contributed by atoms with E-state index in [2.05, 4.69) is 68.1 Å². The number of thioether (sulfide) groups is 1. The molecule has 0 spiro atoms. The number of aromatic nitrogens is 1. The van der Waals surface area contributed by atoms with Gasteiger partial charge in [0.15, 0.2) is 5.17 Å². The van der Waals surface area contributed by atoms with Crippen molar-refractivity contribution in [2.24, 2.45) is 4.99 Å². The highest BCUT2D eigenvalue weighted by atomic mass is 79.9. The Kier molecular flexibility index (Phi) is 5.72. The Labute approximate surface area is 199 Å². The molecule has 1 aromatic heterocycles. The molecule has 3 aromatic carbocycles. The fourth-order valence-electron chi connectivity index (χ4n) is 3.72. The van der Waals surface area contributed by atoms with Crippen molar-refractivity contribution >= 4 is 61.4 Å². The lowest BCUT2D eigenvalue weighted by molar-refractivity contribution is -0.121. The second-order valence-corrected chi connectivity index (χ2v) is 9.49.